The summed E-state index contributed by atoms with van der Waals surface area (Å²) in [6.45, 7) is 6.39. The van der Waals surface area contributed by atoms with Crippen LogP contribution in [-0.2, 0) is 14.3 Å². The summed E-state index contributed by atoms with van der Waals surface area (Å²) in [6.07, 6.45) is 1.64. The van der Waals surface area contributed by atoms with Crippen molar-refractivity contribution in [2.75, 3.05) is 57.9 Å². The van der Waals surface area contributed by atoms with E-state index in [9.17, 15) is 14.4 Å². The second-order valence-corrected chi connectivity index (χ2v) is 10.3. The highest BCUT2D eigenvalue weighted by atomic mass is 16.6. The van der Waals surface area contributed by atoms with Crippen LogP contribution in [0.4, 0.5) is 5.69 Å². The molecule has 0 spiro atoms. The van der Waals surface area contributed by atoms with E-state index in [1.165, 1.54) is 11.8 Å². The molecule has 4 heterocycles. The first-order valence-electron chi connectivity index (χ1n) is 13.1. The maximum absolute atomic E-state index is 13.3. The molecule has 9 nitrogen and oxygen atoms in total. The number of aromatic nitrogens is 1. The molecule has 0 aliphatic carbocycles. The number of hydrogen-bond acceptors (Lipinski definition) is 7. The monoisotopic (exact) mass is 526 g/mol. The molecule has 200 valence electrons. The van der Waals surface area contributed by atoms with Gasteiger partial charge in [0.25, 0.3) is 5.91 Å². The van der Waals surface area contributed by atoms with Crippen molar-refractivity contribution in [3.05, 3.63) is 77.1 Å². The first-order chi connectivity index (χ1) is 18.9. The van der Waals surface area contributed by atoms with Crippen molar-refractivity contribution in [3.63, 3.8) is 0 Å². The number of ketones is 1. The van der Waals surface area contributed by atoms with Gasteiger partial charge in [0.2, 0.25) is 11.7 Å². The molecule has 0 saturated carbocycles. The maximum Gasteiger partial charge on any atom is 0.253 e. The molecular weight excluding hydrogens is 496 g/mol. The molecule has 3 aliphatic heterocycles. The predicted molar refractivity (Wildman–Crippen MR) is 147 cm³/mol. The average Bonchev–Trinajstić information content (AvgIpc) is 3.21. The number of allylic oxidation sites excluding steroid dienone is 1. The van der Waals surface area contributed by atoms with Crippen molar-refractivity contribution in [2.45, 2.75) is 12.5 Å². The van der Waals surface area contributed by atoms with Crippen LogP contribution in [0.3, 0.4) is 0 Å². The molecule has 2 saturated heterocycles. The number of methoxy groups -OCH3 is 1. The fourth-order valence-electron chi connectivity index (χ4n) is 5.50. The molecule has 2 fully saturated rings. The van der Waals surface area contributed by atoms with Crippen molar-refractivity contribution in [3.8, 4) is 0 Å². The second kappa shape index (κ2) is 10.00. The van der Waals surface area contributed by atoms with Crippen LogP contribution in [-0.4, -0.2) is 91.0 Å². The number of carbonyl (C=O) groups is 3. The van der Waals surface area contributed by atoms with Crippen LogP contribution >= 0.6 is 0 Å². The van der Waals surface area contributed by atoms with Gasteiger partial charge >= 0.3 is 0 Å². The van der Waals surface area contributed by atoms with Crippen molar-refractivity contribution >= 4 is 40.3 Å². The number of piperazine rings is 1. The molecule has 39 heavy (non-hydrogen) atoms. The van der Waals surface area contributed by atoms with Crippen LogP contribution in [0.15, 0.2) is 60.3 Å². The number of anilines is 1. The standard InChI is InChI=1S/C30H30N4O5/c1-20(35)34-26-6-4-3-5-24(26)28(36)27(34)16-23-9-7-21-15-22(8-10-25(21)31-23)29(37)33-13-11-32(12-14-33)17-30(38-2)18-39-19-30/h3-10,15-16H,11-14,17-19H2,1-2H3/b27-16-. The SMILES string of the molecule is COC1(CN2CCN(C(=O)c3ccc4nc(/C=C5/C(=O)c6ccccc6N5C(C)=O)ccc4c3)CC2)COC1. The second-order valence-electron chi connectivity index (χ2n) is 10.3. The Kier molecular flexibility index (Phi) is 6.50. The molecule has 2 aromatic carbocycles. The Hall–Kier alpha value is -3.92. The van der Waals surface area contributed by atoms with Gasteiger partial charge in [0.15, 0.2) is 0 Å². The van der Waals surface area contributed by atoms with Gasteiger partial charge in [-0.3, -0.25) is 24.2 Å². The van der Waals surface area contributed by atoms with E-state index in [0.717, 1.165) is 25.0 Å². The highest BCUT2D eigenvalue weighted by molar-refractivity contribution is 6.26. The van der Waals surface area contributed by atoms with E-state index in [1.54, 1.807) is 49.6 Å². The number of para-hydroxylation sites is 1. The van der Waals surface area contributed by atoms with Gasteiger partial charge in [0.1, 0.15) is 5.60 Å². The van der Waals surface area contributed by atoms with E-state index in [4.69, 9.17) is 9.47 Å². The number of ether oxygens (including phenoxy) is 2. The van der Waals surface area contributed by atoms with Crippen LogP contribution in [0.5, 0.6) is 0 Å². The largest absolute Gasteiger partial charge is 0.375 e. The minimum absolute atomic E-state index is 0.00240. The lowest BCUT2D eigenvalue weighted by Gasteiger charge is -2.45. The number of hydrogen-bond donors (Lipinski definition) is 0. The summed E-state index contributed by atoms with van der Waals surface area (Å²) in [6, 6.07) is 16.2. The first-order valence-corrected chi connectivity index (χ1v) is 13.1. The third-order valence-corrected chi connectivity index (χ3v) is 7.75. The van der Waals surface area contributed by atoms with E-state index in [0.29, 0.717) is 54.3 Å². The van der Waals surface area contributed by atoms with Crippen LogP contribution in [0.25, 0.3) is 17.0 Å². The lowest BCUT2D eigenvalue weighted by molar-refractivity contribution is -0.205. The van der Waals surface area contributed by atoms with Gasteiger partial charge in [0, 0.05) is 63.3 Å². The summed E-state index contributed by atoms with van der Waals surface area (Å²) in [5, 5.41) is 0.832. The molecule has 0 N–H and O–H groups in total. The van der Waals surface area contributed by atoms with Crippen LogP contribution in [0.1, 0.15) is 33.3 Å². The third kappa shape index (κ3) is 4.63. The first kappa shape index (κ1) is 25.4. The van der Waals surface area contributed by atoms with Crippen molar-refractivity contribution in [1.82, 2.24) is 14.8 Å². The lowest BCUT2D eigenvalue weighted by Crippen LogP contribution is -2.61. The van der Waals surface area contributed by atoms with E-state index in [-0.39, 0.29) is 28.9 Å². The maximum atomic E-state index is 13.3. The summed E-state index contributed by atoms with van der Waals surface area (Å²) in [5.41, 5.74) is 3.03. The fourth-order valence-corrected chi connectivity index (χ4v) is 5.50. The van der Waals surface area contributed by atoms with Crippen LogP contribution in [0.2, 0.25) is 0 Å². The molecule has 9 heteroatoms. The van der Waals surface area contributed by atoms with Gasteiger partial charge in [-0.2, -0.15) is 0 Å². The van der Waals surface area contributed by atoms with Gasteiger partial charge in [-0.15, -0.1) is 0 Å². The Morgan fingerprint density at radius 3 is 2.51 bits per heavy atom. The van der Waals surface area contributed by atoms with Crippen molar-refractivity contribution in [1.29, 1.82) is 0 Å². The number of rotatable bonds is 5. The van der Waals surface area contributed by atoms with Gasteiger partial charge in [-0.05, 0) is 42.5 Å². The molecule has 0 bridgehead atoms. The van der Waals surface area contributed by atoms with Gasteiger partial charge in [-0.25, -0.2) is 4.98 Å². The van der Waals surface area contributed by atoms with Crippen LogP contribution in [0, 0.1) is 0 Å². The molecule has 0 atom stereocenters. The summed E-state index contributed by atoms with van der Waals surface area (Å²) >= 11 is 0. The molecule has 1 aromatic heterocycles. The number of carbonyl (C=O) groups excluding carboxylic acids is 3. The van der Waals surface area contributed by atoms with Gasteiger partial charge in [-0.1, -0.05) is 18.2 Å². The Balaban J connectivity index is 1.17. The van der Waals surface area contributed by atoms with E-state index in [2.05, 4.69) is 9.88 Å². The number of benzene rings is 2. The molecule has 0 unspecified atom stereocenters. The smallest absolute Gasteiger partial charge is 0.253 e. The summed E-state index contributed by atoms with van der Waals surface area (Å²) in [7, 11) is 1.73. The number of nitrogens with zero attached hydrogens (tertiary/aromatic N) is 4. The zero-order valence-electron chi connectivity index (χ0n) is 22.1. The molecule has 0 radical (unpaired) electrons. The number of amides is 2. The number of pyridine rings is 1. The van der Waals surface area contributed by atoms with Gasteiger partial charge < -0.3 is 14.4 Å². The summed E-state index contributed by atoms with van der Waals surface area (Å²) < 4.78 is 11.0. The molecule has 6 rings (SSSR count). The zero-order chi connectivity index (χ0) is 27.1. The quantitative estimate of drug-likeness (QED) is 0.472. The van der Waals surface area contributed by atoms with E-state index < -0.39 is 0 Å². The van der Waals surface area contributed by atoms with Crippen LogP contribution < -0.4 is 4.90 Å². The van der Waals surface area contributed by atoms with Gasteiger partial charge in [0.05, 0.1) is 35.8 Å². The normalized spacial score (nSPS) is 19.8. The topological polar surface area (TPSA) is 92.3 Å². The highest BCUT2D eigenvalue weighted by Gasteiger charge is 2.41. The number of fused-ring (bicyclic) bond motifs is 2. The minimum atomic E-state index is -0.236. The average molecular weight is 527 g/mol. The third-order valence-electron chi connectivity index (χ3n) is 7.75. The highest BCUT2D eigenvalue weighted by Crippen LogP contribution is 2.35. The van der Waals surface area contributed by atoms with E-state index >= 15 is 0 Å². The molecule has 3 aliphatic rings. The zero-order valence-corrected chi connectivity index (χ0v) is 22.1. The Morgan fingerprint density at radius 2 is 1.82 bits per heavy atom. The molecule has 3 aromatic rings. The van der Waals surface area contributed by atoms with Crippen molar-refractivity contribution < 1.29 is 23.9 Å². The fraction of sp³-hybridized carbons (Fsp3) is 0.333. The number of Topliss-reactive ketones (excluding diaryl/α,β-unsaturated/α-hetero) is 1. The Labute approximate surface area is 226 Å². The summed E-state index contributed by atoms with van der Waals surface area (Å²) in [5.74, 6) is -0.440. The molecule has 2 amide bonds. The Morgan fingerprint density at radius 1 is 1.05 bits per heavy atom. The Bertz CT molecular complexity index is 1500. The summed E-state index contributed by atoms with van der Waals surface area (Å²) in [4.78, 5) is 49.0. The van der Waals surface area contributed by atoms with E-state index in [1.807, 2.05) is 23.1 Å². The minimum Gasteiger partial charge on any atom is -0.375 e. The van der Waals surface area contributed by atoms with Crippen molar-refractivity contribution in [2.24, 2.45) is 0 Å². The lowest BCUT2D eigenvalue weighted by atomic mass is 10.0. The molecular formula is C30H30N4O5. The predicted octanol–water partition coefficient (Wildman–Crippen LogP) is 3.00.